The molecule has 0 atom stereocenters. The van der Waals surface area contributed by atoms with Crippen LogP contribution in [0.15, 0.2) is 30.0 Å². The number of H-pyrrole nitrogens is 1. The van der Waals surface area contributed by atoms with Gasteiger partial charge in [-0.15, -0.1) is 0 Å². The minimum Gasteiger partial charge on any atom is -0.471 e. The van der Waals surface area contributed by atoms with Crippen LogP contribution in [0.1, 0.15) is 40.6 Å². The molecule has 3 rings (SSSR count). The Balaban J connectivity index is 2.00. The third-order valence-corrected chi connectivity index (χ3v) is 4.71. The zero-order valence-corrected chi connectivity index (χ0v) is 16.0. The van der Waals surface area contributed by atoms with Crippen molar-refractivity contribution >= 4 is 5.76 Å². The molecule has 2 heterocycles. The first-order valence-corrected chi connectivity index (χ1v) is 8.71. The number of hydrogen-bond acceptors (Lipinski definition) is 2. The number of aromatic amines is 1. The van der Waals surface area contributed by atoms with E-state index in [-0.39, 0.29) is 42.2 Å². The van der Waals surface area contributed by atoms with E-state index < -0.39 is 40.8 Å². The lowest BCUT2D eigenvalue weighted by Gasteiger charge is -2.18. The Labute approximate surface area is 170 Å². The Hall–Kier alpha value is -2.79. The summed E-state index contributed by atoms with van der Waals surface area (Å²) in [6.45, 7) is 2.10. The molecule has 1 aliphatic heterocycles. The smallest absolute Gasteiger partial charge is 0.418 e. The van der Waals surface area contributed by atoms with Crippen LogP contribution in [-0.4, -0.2) is 16.6 Å². The molecule has 0 saturated heterocycles. The van der Waals surface area contributed by atoms with E-state index in [0.717, 1.165) is 6.07 Å². The first-order valence-electron chi connectivity index (χ1n) is 8.71. The highest BCUT2D eigenvalue weighted by atomic mass is 19.4. The molecule has 12 heteroatoms. The predicted molar refractivity (Wildman–Crippen MR) is 91.1 cm³/mol. The maximum Gasteiger partial charge on any atom is 0.418 e. The second-order valence-electron chi connectivity index (χ2n) is 7.02. The molecule has 0 radical (unpaired) electrons. The Morgan fingerprint density at radius 2 is 1.39 bits per heavy atom. The summed E-state index contributed by atoms with van der Waals surface area (Å²) in [5.74, 6) is -0.270. The van der Waals surface area contributed by atoms with Crippen LogP contribution in [0.5, 0.6) is 0 Å². The average Bonchev–Trinajstić information content (AvgIpc) is 3.16. The lowest BCUT2D eigenvalue weighted by atomic mass is 10.0. The molecule has 2 aromatic rings. The molecule has 31 heavy (non-hydrogen) atoms. The highest BCUT2D eigenvalue weighted by Gasteiger charge is 2.39. The van der Waals surface area contributed by atoms with Crippen LogP contribution in [0.4, 0.5) is 39.5 Å². The van der Waals surface area contributed by atoms with Crippen molar-refractivity contribution in [2.75, 3.05) is 6.73 Å². The van der Waals surface area contributed by atoms with Gasteiger partial charge in [0.05, 0.1) is 28.9 Å². The standard InChI is InChI=1S/C19H15F9N2O/c1-9-3-14(19(26,27)28)15(29-9)7-30-8-31-16(10(30)2)11-4-12(17(20,21)22)6-13(5-11)18(23,24)25/h3-6,29H,7-8H2,1-2H3. The van der Waals surface area contributed by atoms with E-state index in [1.54, 1.807) is 0 Å². The van der Waals surface area contributed by atoms with Crippen LogP contribution in [0.3, 0.4) is 0 Å². The lowest BCUT2D eigenvalue weighted by Crippen LogP contribution is -2.20. The van der Waals surface area contributed by atoms with Crippen LogP contribution >= 0.6 is 0 Å². The number of ether oxygens (including phenoxy) is 1. The molecule has 0 fully saturated rings. The molecule has 0 spiro atoms. The third-order valence-electron chi connectivity index (χ3n) is 4.71. The minimum absolute atomic E-state index is 0.0105. The molecule has 170 valence electrons. The summed E-state index contributed by atoms with van der Waals surface area (Å²) in [7, 11) is 0. The molecule has 0 saturated carbocycles. The maximum atomic E-state index is 13.2. The van der Waals surface area contributed by atoms with E-state index in [1.807, 2.05) is 0 Å². The van der Waals surface area contributed by atoms with Crippen LogP contribution in [0, 0.1) is 6.92 Å². The number of allylic oxidation sites excluding steroid dienone is 1. The molecule has 0 amide bonds. The number of aryl methyl sites for hydroxylation is 1. The van der Waals surface area contributed by atoms with E-state index >= 15 is 0 Å². The van der Waals surface area contributed by atoms with E-state index in [0.29, 0.717) is 12.1 Å². The van der Waals surface area contributed by atoms with Gasteiger partial charge in [0, 0.05) is 17.0 Å². The van der Waals surface area contributed by atoms with Gasteiger partial charge in [0.25, 0.3) is 0 Å². The lowest BCUT2D eigenvalue weighted by molar-refractivity contribution is -0.143. The Kier molecular flexibility index (Phi) is 5.47. The van der Waals surface area contributed by atoms with Crippen molar-refractivity contribution in [1.82, 2.24) is 9.88 Å². The van der Waals surface area contributed by atoms with Crippen molar-refractivity contribution in [3.05, 3.63) is 63.6 Å². The van der Waals surface area contributed by atoms with Crippen molar-refractivity contribution in [1.29, 1.82) is 0 Å². The highest BCUT2D eigenvalue weighted by Crippen LogP contribution is 2.40. The largest absolute Gasteiger partial charge is 0.471 e. The summed E-state index contributed by atoms with van der Waals surface area (Å²) in [6.07, 6.45) is -14.7. The number of nitrogens with one attached hydrogen (secondary N) is 1. The van der Waals surface area contributed by atoms with Crippen molar-refractivity contribution in [3.63, 3.8) is 0 Å². The molecule has 1 N–H and O–H groups in total. The minimum atomic E-state index is -5.04. The predicted octanol–water partition coefficient (Wildman–Crippen LogP) is 6.56. The average molecular weight is 458 g/mol. The van der Waals surface area contributed by atoms with Gasteiger partial charge in [0.15, 0.2) is 6.73 Å². The number of benzene rings is 1. The number of aromatic nitrogens is 1. The highest BCUT2D eigenvalue weighted by molar-refractivity contribution is 5.65. The monoisotopic (exact) mass is 458 g/mol. The van der Waals surface area contributed by atoms with Crippen LogP contribution in [0.25, 0.3) is 5.76 Å². The third kappa shape index (κ3) is 4.77. The van der Waals surface area contributed by atoms with Gasteiger partial charge in [-0.05, 0) is 38.1 Å². The van der Waals surface area contributed by atoms with Crippen LogP contribution < -0.4 is 0 Å². The van der Waals surface area contributed by atoms with Gasteiger partial charge in [-0.3, -0.25) is 0 Å². The molecule has 0 unspecified atom stereocenters. The van der Waals surface area contributed by atoms with Crippen LogP contribution in [-0.2, 0) is 29.8 Å². The van der Waals surface area contributed by atoms with Gasteiger partial charge in [0.1, 0.15) is 5.76 Å². The zero-order chi connectivity index (χ0) is 23.4. The molecule has 1 aliphatic rings. The quantitative estimate of drug-likeness (QED) is 0.528. The van der Waals surface area contributed by atoms with Gasteiger partial charge >= 0.3 is 18.5 Å². The molecule has 3 nitrogen and oxygen atoms in total. The fourth-order valence-electron chi connectivity index (χ4n) is 3.24. The van der Waals surface area contributed by atoms with Gasteiger partial charge in [-0.2, -0.15) is 39.5 Å². The Morgan fingerprint density at radius 1 is 0.839 bits per heavy atom. The van der Waals surface area contributed by atoms with E-state index in [4.69, 9.17) is 4.74 Å². The number of nitrogens with zero attached hydrogens (tertiary/aromatic N) is 1. The molecular weight excluding hydrogens is 443 g/mol. The number of alkyl halides is 9. The van der Waals surface area contributed by atoms with Gasteiger partial charge < -0.3 is 14.6 Å². The summed E-state index contributed by atoms with van der Waals surface area (Å²) >= 11 is 0. The topological polar surface area (TPSA) is 28.3 Å². The van der Waals surface area contributed by atoms with Gasteiger partial charge in [0.2, 0.25) is 0 Å². The fourth-order valence-corrected chi connectivity index (χ4v) is 3.24. The number of rotatable bonds is 3. The first kappa shape index (κ1) is 22.9. The Bertz CT molecular complexity index is 981. The van der Waals surface area contributed by atoms with Crippen molar-refractivity contribution in [2.45, 2.75) is 38.9 Å². The van der Waals surface area contributed by atoms with Crippen molar-refractivity contribution < 1.29 is 44.3 Å². The van der Waals surface area contributed by atoms with Gasteiger partial charge in [-0.25, -0.2) is 0 Å². The van der Waals surface area contributed by atoms with E-state index in [9.17, 15) is 39.5 Å². The first-order chi connectivity index (χ1) is 14.1. The summed E-state index contributed by atoms with van der Waals surface area (Å²) in [5.41, 5.74) is -4.26. The van der Waals surface area contributed by atoms with Crippen LogP contribution in [0.2, 0.25) is 0 Å². The van der Waals surface area contributed by atoms with Gasteiger partial charge in [-0.1, -0.05) is 0 Å². The number of halogens is 9. The Morgan fingerprint density at radius 3 is 1.87 bits per heavy atom. The summed E-state index contributed by atoms with van der Waals surface area (Å²) in [4.78, 5) is 3.86. The second-order valence-corrected chi connectivity index (χ2v) is 7.02. The number of hydrogen-bond donors (Lipinski definition) is 1. The molecule has 0 aliphatic carbocycles. The molecule has 1 aromatic carbocycles. The van der Waals surface area contributed by atoms with E-state index in [2.05, 4.69) is 4.98 Å². The molecule has 1 aromatic heterocycles. The fraction of sp³-hybridized carbons (Fsp3) is 0.368. The maximum absolute atomic E-state index is 13.2. The second kappa shape index (κ2) is 7.41. The van der Waals surface area contributed by atoms with Crippen molar-refractivity contribution in [2.24, 2.45) is 0 Å². The SMILES string of the molecule is CC1=C(c2cc(C(F)(F)F)cc(C(F)(F)F)c2)OCN1Cc1[nH]c(C)cc1C(F)(F)F. The van der Waals surface area contributed by atoms with E-state index in [1.165, 1.54) is 18.7 Å². The molecule has 0 bridgehead atoms. The molecular formula is C19H15F9N2O. The summed E-state index contributed by atoms with van der Waals surface area (Å²) < 4.78 is 123. The summed E-state index contributed by atoms with van der Waals surface area (Å²) in [6, 6.07) is 1.92. The zero-order valence-electron chi connectivity index (χ0n) is 16.0. The summed E-state index contributed by atoms with van der Waals surface area (Å²) in [5, 5.41) is 0. The normalized spacial score (nSPS) is 15.6. The van der Waals surface area contributed by atoms with Crippen molar-refractivity contribution in [3.8, 4) is 0 Å².